The SMILES string of the molecule is CC(=O)Oc1c2c(c(OC(C)=O)c3c1[N+](C(C)=O)=C1C=CC=CC1N3C(C)=O)[N+](C(C)=O)=C1C=CC=CC1N2C(C)=O. The molecule has 4 aliphatic rings. The quantitative estimate of drug-likeness (QED) is 0.300. The van der Waals surface area contributed by atoms with Gasteiger partial charge in [0.05, 0.1) is 13.8 Å². The number of ether oxygens (including phenoxy) is 2. The average Bonchev–Trinajstić information content (AvgIpc) is 2.90. The van der Waals surface area contributed by atoms with Gasteiger partial charge in [-0.2, -0.15) is 0 Å². The van der Waals surface area contributed by atoms with Gasteiger partial charge in [-0.15, -0.1) is 9.15 Å². The third kappa shape index (κ3) is 4.23. The first-order valence-corrected chi connectivity index (χ1v) is 13.1. The molecule has 4 amide bonds. The largest absolute Gasteiger partial charge is 0.417 e. The molecule has 2 heterocycles. The van der Waals surface area contributed by atoms with Gasteiger partial charge in [0.2, 0.25) is 34.7 Å². The van der Waals surface area contributed by atoms with Gasteiger partial charge < -0.3 is 9.47 Å². The molecule has 0 spiro atoms. The molecule has 0 fully saturated rings. The Hall–Kier alpha value is -5.26. The molecule has 0 aromatic heterocycles. The van der Waals surface area contributed by atoms with Crippen LogP contribution < -0.4 is 19.3 Å². The molecule has 0 N–H and O–H groups in total. The Morgan fingerprint density at radius 1 is 0.595 bits per heavy atom. The number of rotatable bonds is 2. The summed E-state index contributed by atoms with van der Waals surface area (Å²) in [5.74, 6) is -4.13. The fourth-order valence-electron chi connectivity index (χ4n) is 5.81. The first-order chi connectivity index (χ1) is 19.9. The van der Waals surface area contributed by atoms with Crippen molar-refractivity contribution in [2.45, 2.75) is 53.6 Å². The lowest BCUT2D eigenvalue weighted by Crippen LogP contribution is -2.52. The van der Waals surface area contributed by atoms with E-state index in [-0.39, 0.29) is 34.2 Å². The van der Waals surface area contributed by atoms with Crippen LogP contribution >= 0.6 is 0 Å². The molecule has 0 radical (unpaired) electrons. The van der Waals surface area contributed by atoms with Crippen LogP contribution in [0.3, 0.4) is 0 Å². The van der Waals surface area contributed by atoms with Crippen molar-refractivity contribution in [2.75, 3.05) is 9.80 Å². The predicted octanol–water partition coefficient (Wildman–Crippen LogP) is 2.52. The van der Waals surface area contributed by atoms with Crippen LogP contribution in [0, 0.1) is 0 Å². The Kier molecular flexibility index (Phi) is 6.93. The smallest absolute Gasteiger partial charge is 0.390 e. The monoisotopic (exact) mass is 572 g/mol. The van der Waals surface area contributed by atoms with E-state index in [0.717, 1.165) is 13.8 Å². The maximum absolute atomic E-state index is 13.4. The number of anilines is 2. The van der Waals surface area contributed by atoms with Gasteiger partial charge in [0.15, 0.2) is 11.4 Å². The number of esters is 2. The summed E-state index contributed by atoms with van der Waals surface area (Å²) in [4.78, 5) is 81.4. The van der Waals surface area contributed by atoms with E-state index in [0.29, 0.717) is 11.4 Å². The van der Waals surface area contributed by atoms with Gasteiger partial charge in [-0.1, -0.05) is 36.5 Å². The highest BCUT2D eigenvalue weighted by molar-refractivity contribution is 6.19. The van der Waals surface area contributed by atoms with Crippen LogP contribution in [-0.2, 0) is 28.8 Å². The Morgan fingerprint density at radius 3 is 1.24 bits per heavy atom. The van der Waals surface area contributed by atoms with E-state index in [1.165, 1.54) is 46.6 Å². The first kappa shape index (κ1) is 28.3. The molecule has 42 heavy (non-hydrogen) atoms. The van der Waals surface area contributed by atoms with Crippen molar-refractivity contribution in [2.24, 2.45) is 0 Å². The minimum atomic E-state index is -0.822. The van der Waals surface area contributed by atoms with Crippen molar-refractivity contribution in [3.05, 3.63) is 48.6 Å². The molecule has 1 aromatic rings. The van der Waals surface area contributed by atoms with Crippen LogP contribution in [0.2, 0.25) is 0 Å². The van der Waals surface area contributed by atoms with Gasteiger partial charge in [-0.25, -0.2) is 9.59 Å². The van der Waals surface area contributed by atoms with Crippen molar-refractivity contribution < 1.29 is 47.4 Å². The summed E-state index contributed by atoms with van der Waals surface area (Å²) in [6.45, 7) is 7.46. The van der Waals surface area contributed by atoms with Crippen LogP contribution in [-0.4, -0.2) is 68.2 Å². The average molecular weight is 573 g/mol. The Balaban J connectivity index is 2.13. The van der Waals surface area contributed by atoms with Crippen molar-refractivity contribution in [3.8, 4) is 11.5 Å². The molecule has 1 aromatic carbocycles. The number of hydrogen-bond acceptors (Lipinski definition) is 8. The number of carbonyl (C=O) groups is 6. The molecule has 0 saturated heterocycles. The highest BCUT2D eigenvalue weighted by Gasteiger charge is 2.55. The highest BCUT2D eigenvalue weighted by Crippen LogP contribution is 2.61. The lowest BCUT2D eigenvalue weighted by atomic mass is 9.93. The van der Waals surface area contributed by atoms with Crippen LogP contribution in [0.1, 0.15) is 41.5 Å². The third-order valence-electron chi connectivity index (χ3n) is 7.06. The number of amides is 4. The van der Waals surface area contributed by atoms with Crippen LogP contribution in [0.5, 0.6) is 11.5 Å². The molecule has 12 nitrogen and oxygen atoms in total. The number of fused-ring (bicyclic) bond motifs is 4. The zero-order chi connectivity index (χ0) is 30.6. The standard InChI is InChI=1S/C30H28N4O8/c1-15(35)31-21-11-7-8-12-22(21)32(16(2)36)26-25(31)29(41-19(5)39)27-28(30(26)42-20(6)40)34(18(4)38)24-14-10-9-13-23(24)33(27)17(3)37/h7-14,21,24H,1-6H3/q+2. The summed E-state index contributed by atoms with van der Waals surface area (Å²) in [5, 5.41) is 0. The van der Waals surface area contributed by atoms with Crippen LogP contribution in [0.4, 0.5) is 22.7 Å². The number of hydrogen-bond donors (Lipinski definition) is 0. The third-order valence-corrected chi connectivity index (χ3v) is 7.06. The zero-order valence-corrected chi connectivity index (χ0v) is 23.8. The molecule has 214 valence electrons. The van der Waals surface area contributed by atoms with E-state index in [9.17, 15) is 28.8 Å². The molecular formula is C30H28N4O8+2. The Bertz CT molecular complexity index is 1600. The van der Waals surface area contributed by atoms with Crippen molar-refractivity contribution in [1.82, 2.24) is 0 Å². The number of benzene rings is 1. The van der Waals surface area contributed by atoms with Crippen molar-refractivity contribution in [1.29, 1.82) is 0 Å². The minimum Gasteiger partial charge on any atom is -0.417 e. The Labute approximate surface area is 240 Å². The highest BCUT2D eigenvalue weighted by atomic mass is 16.5. The fourth-order valence-corrected chi connectivity index (χ4v) is 5.81. The van der Waals surface area contributed by atoms with Gasteiger partial charge >= 0.3 is 23.8 Å². The van der Waals surface area contributed by atoms with Crippen LogP contribution in [0.15, 0.2) is 48.6 Å². The summed E-state index contributed by atoms with van der Waals surface area (Å²) in [6.07, 6.45) is 13.4. The lowest BCUT2D eigenvalue weighted by molar-refractivity contribution is -0.371. The number of nitrogens with zero attached hydrogens (tertiary/aromatic N) is 4. The minimum absolute atomic E-state index is 0.0827. The fraction of sp³-hybridized carbons (Fsp3) is 0.267. The van der Waals surface area contributed by atoms with E-state index in [2.05, 4.69) is 0 Å². The zero-order valence-electron chi connectivity index (χ0n) is 23.8. The van der Waals surface area contributed by atoms with E-state index < -0.39 is 47.7 Å². The molecule has 2 aliphatic heterocycles. The molecule has 0 saturated carbocycles. The number of carbonyl (C=O) groups excluding carboxylic acids is 6. The second-order valence-electron chi connectivity index (χ2n) is 9.95. The van der Waals surface area contributed by atoms with Gasteiger partial charge in [0, 0.05) is 39.8 Å². The number of allylic oxidation sites excluding steroid dienone is 4. The second-order valence-corrected chi connectivity index (χ2v) is 9.95. The van der Waals surface area contributed by atoms with Crippen LogP contribution in [0.25, 0.3) is 0 Å². The molecule has 2 unspecified atom stereocenters. The first-order valence-electron chi connectivity index (χ1n) is 13.1. The molecular weight excluding hydrogens is 544 g/mol. The summed E-state index contributed by atoms with van der Waals surface area (Å²) in [7, 11) is 0. The Morgan fingerprint density at radius 2 is 0.952 bits per heavy atom. The second kappa shape index (κ2) is 10.3. The van der Waals surface area contributed by atoms with Gasteiger partial charge in [0.1, 0.15) is 12.1 Å². The van der Waals surface area contributed by atoms with E-state index in [1.54, 1.807) is 48.6 Å². The molecule has 0 bridgehead atoms. The topological polar surface area (TPSA) is 133 Å². The van der Waals surface area contributed by atoms with Crippen molar-refractivity contribution >= 4 is 69.7 Å². The summed E-state index contributed by atoms with van der Waals surface area (Å²) in [6, 6.07) is -1.64. The summed E-state index contributed by atoms with van der Waals surface area (Å²) >= 11 is 0. The lowest BCUT2D eigenvalue weighted by Gasteiger charge is -2.38. The molecule has 5 rings (SSSR count). The maximum Gasteiger partial charge on any atom is 0.390 e. The van der Waals surface area contributed by atoms with Gasteiger partial charge in [-0.3, -0.25) is 29.0 Å². The van der Waals surface area contributed by atoms with Gasteiger partial charge in [0.25, 0.3) is 11.4 Å². The normalized spacial score (nSPS) is 19.6. The van der Waals surface area contributed by atoms with Crippen molar-refractivity contribution in [3.63, 3.8) is 0 Å². The predicted molar refractivity (Wildman–Crippen MR) is 151 cm³/mol. The molecule has 12 heteroatoms. The summed E-state index contributed by atoms with van der Waals surface area (Å²) in [5.41, 5.74) is 0.360. The molecule has 2 aliphatic carbocycles. The van der Waals surface area contributed by atoms with E-state index in [4.69, 9.17) is 9.47 Å². The van der Waals surface area contributed by atoms with E-state index >= 15 is 0 Å². The molecule has 2 atom stereocenters. The summed E-state index contributed by atoms with van der Waals surface area (Å²) < 4.78 is 14.1. The van der Waals surface area contributed by atoms with E-state index in [1.807, 2.05) is 0 Å². The maximum atomic E-state index is 13.4. The van der Waals surface area contributed by atoms with Gasteiger partial charge in [-0.05, 0) is 0 Å².